The molecule has 3 rings (SSSR count). The summed E-state index contributed by atoms with van der Waals surface area (Å²) in [7, 11) is 0. The van der Waals surface area contributed by atoms with E-state index in [1.807, 2.05) is 82.1 Å². The number of benzene rings is 1. The monoisotopic (exact) mass is 356 g/mol. The molecule has 2 saturated carbocycles. The maximum absolute atomic E-state index is 9.06. The minimum atomic E-state index is 0. The number of nitriles is 1. The van der Waals surface area contributed by atoms with Gasteiger partial charge in [0.05, 0.1) is 6.07 Å². The number of nitrogens with one attached hydrogen (secondary N) is 1. The van der Waals surface area contributed by atoms with Gasteiger partial charge in [-0.25, -0.2) is 0 Å². The topological polar surface area (TPSA) is 35.8 Å². The van der Waals surface area contributed by atoms with E-state index in [2.05, 4.69) is 23.5 Å². The summed E-state index contributed by atoms with van der Waals surface area (Å²) in [4.78, 5) is 0. The minimum absolute atomic E-state index is 0. The van der Waals surface area contributed by atoms with Gasteiger partial charge < -0.3 is 5.32 Å². The molecule has 10 radical (unpaired) electrons. The molecule has 0 bridgehead atoms. The second-order valence-corrected chi connectivity index (χ2v) is 5.05. The van der Waals surface area contributed by atoms with Crippen molar-refractivity contribution in [2.45, 2.75) is 6.54 Å². The standard InChI is InChI=1S/C16H15N2.C5H5.Fe/c17-11-16(10-14-6-4-5-7-14)13-18-12-15-8-2-1-3-9-15;1-2-4-5-3-1;/h1-10,18H,12-13H2;1-5H;/q;;+2/b16-10+;;. The van der Waals surface area contributed by atoms with Crippen LogP contribution in [0.15, 0.2) is 42.0 Å². The first-order chi connectivity index (χ1) is 11.4. The molecule has 0 saturated heterocycles. The summed E-state index contributed by atoms with van der Waals surface area (Å²) in [5.74, 6) is 1.08. The van der Waals surface area contributed by atoms with Crippen LogP contribution in [0.2, 0.25) is 0 Å². The predicted molar refractivity (Wildman–Crippen MR) is 93.8 cm³/mol. The van der Waals surface area contributed by atoms with Crippen LogP contribution >= 0.6 is 0 Å². The van der Waals surface area contributed by atoms with Crippen LogP contribution in [-0.4, -0.2) is 6.54 Å². The molecule has 1 aromatic rings. The van der Waals surface area contributed by atoms with Crippen molar-refractivity contribution in [1.82, 2.24) is 5.32 Å². The molecule has 0 aromatic heterocycles. The summed E-state index contributed by atoms with van der Waals surface area (Å²) in [6.07, 6.45) is 19.8. The summed E-state index contributed by atoms with van der Waals surface area (Å²) in [5, 5.41) is 12.3. The van der Waals surface area contributed by atoms with Crippen molar-refractivity contribution in [2.24, 2.45) is 0 Å². The molecule has 2 nitrogen and oxygen atoms in total. The molecule has 1 aromatic carbocycles. The second-order valence-electron chi connectivity index (χ2n) is 5.05. The molecule has 2 aliphatic carbocycles. The zero-order valence-corrected chi connectivity index (χ0v) is 14.5. The zero-order valence-electron chi connectivity index (χ0n) is 13.4. The van der Waals surface area contributed by atoms with E-state index in [0.29, 0.717) is 6.54 Å². The predicted octanol–water partition coefficient (Wildman–Crippen LogP) is 3.65. The van der Waals surface area contributed by atoms with Gasteiger partial charge in [0, 0.05) is 24.6 Å². The Morgan fingerprint density at radius 2 is 1.50 bits per heavy atom. The Kier molecular flexibility index (Phi) is 11.6. The summed E-state index contributed by atoms with van der Waals surface area (Å²) in [6.45, 7) is 1.37. The third-order valence-electron chi connectivity index (χ3n) is 3.22. The van der Waals surface area contributed by atoms with Crippen LogP contribution in [0.5, 0.6) is 0 Å². The SMILES string of the molecule is N#C/C(=C\[C]1[CH][CH][CH][CH]1)CNCc1ccccc1.[CH]1[CH][CH][CH][CH]1.[Fe+2]. The van der Waals surface area contributed by atoms with Crippen molar-refractivity contribution in [2.75, 3.05) is 6.54 Å². The van der Waals surface area contributed by atoms with Gasteiger partial charge in [0.2, 0.25) is 0 Å². The second kappa shape index (κ2) is 13.2. The quantitative estimate of drug-likeness (QED) is 0.646. The Morgan fingerprint density at radius 1 is 0.917 bits per heavy atom. The summed E-state index contributed by atoms with van der Waals surface area (Å²) < 4.78 is 0. The summed E-state index contributed by atoms with van der Waals surface area (Å²) >= 11 is 0. The molecule has 0 aliphatic heterocycles. The number of hydrogen-bond donors (Lipinski definition) is 1. The van der Waals surface area contributed by atoms with Gasteiger partial charge in [-0.3, -0.25) is 0 Å². The Hall–Kier alpha value is -1.07. The van der Waals surface area contributed by atoms with Gasteiger partial charge in [0.25, 0.3) is 0 Å². The Morgan fingerprint density at radius 3 is 2.04 bits per heavy atom. The van der Waals surface area contributed by atoms with Crippen LogP contribution in [0.1, 0.15) is 5.56 Å². The molecule has 1 N–H and O–H groups in total. The molecule has 120 valence electrons. The number of nitrogens with zero attached hydrogens (tertiary/aromatic N) is 1. The van der Waals surface area contributed by atoms with Crippen molar-refractivity contribution >= 4 is 0 Å². The largest absolute Gasteiger partial charge is 2.00 e. The van der Waals surface area contributed by atoms with E-state index >= 15 is 0 Å². The molecule has 0 spiro atoms. The first kappa shape index (κ1) is 21.0. The van der Waals surface area contributed by atoms with Crippen LogP contribution < -0.4 is 5.32 Å². The van der Waals surface area contributed by atoms with Crippen molar-refractivity contribution < 1.29 is 17.1 Å². The first-order valence-electron chi connectivity index (χ1n) is 7.62. The van der Waals surface area contributed by atoms with E-state index in [9.17, 15) is 0 Å². The van der Waals surface area contributed by atoms with E-state index in [-0.39, 0.29) is 17.1 Å². The molecule has 2 fully saturated rings. The van der Waals surface area contributed by atoms with Gasteiger partial charge in [0.1, 0.15) is 0 Å². The summed E-state index contributed by atoms with van der Waals surface area (Å²) in [6, 6.07) is 12.4. The van der Waals surface area contributed by atoms with Crippen LogP contribution in [0, 0.1) is 75.0 Å². The van der Waals surface area contributed by atoms with Gasteiger partial charge in [-0.2, -0.15) is 5.26 Å². The molecule has 0 heterocycles. The van der Waals surface area contributed by atoms with Gasteiger partial charge >= 0.3 is 17.1 Å². The fourth-order valence-corrected chi connectivity index (χ4v) is 2.07. The average Bonchev–Trinajstić information content (AvgIpc) is 3.31. The molecule has 24 heavy (non-hydrogen) atoms. The van der Waals surface area contributed by atoms with E-state index in [1.165, 1.54) is 5.56 Å². The Bertz CT molecular complexity index is 487. The maximum Gasteiger partial charge on any atom is 2.00 e. The molecule has 0 unspecified atom stereocenters. The third kappa shape index (κ3) is 8.69. The van der Waals surface area contributed by atoms with Gasteiger partial charge in [-0.1, -0.05) is 36.4 Å². The Balaban J connectivity index is 0.000000412. The van der Waals surface area contributed by atoms with Gasteiger partial charge in [0.15, 0.2) is 0 Å². The summed E-state index contributed by atoms with van der Waals surface area (Å²) in [5.41, 5.74) is 1.97. The zero-order chi connectivity index (χ0) is 16.2. The molecular weight excluding hydrogens is 336 g/mol. The van der Waals surface area contributed by atoms with E-state index in [0.717, 1.165) is 18.0 Å². The Labute approximate surface area is 158 Å². The molecule has 0 amide bonds. The average molecular weight is 356 g/mol. The van der Waals surface area contributed by atoms with Crippen LogP contribution in [0.3, 0.4) is 0 Å². The van der Waals surface area contributed by atoms with Crippen LogP contribution in [-0.2, 0) is 23.6 Å². The van der Waals surface area contributed by atoms with Crippen molar-refractivity contribution in [1.29, 1.82) is 5.26 Å². The van der Waals surface area contributed by atoms with Crippen LogP contribution in [0.4, 0.5) is 0 Å². The molecule has 2 aliphatic rings. The van der Waals surface area contributed by atoms with E-state index in [4.69, 9.17) is 5.26 Å². The number of allylic oxidation sites excluding steroid dienone is 1. The molecular formula is C21H20FeN2+2. The van der Waals surface area contributed by atoms with E-state index < -0.39 is 0 Å². The van der Waals surface area contributed by atoms with Crippen molar-refractivity contribution in [3.05, 3.63) is 111 Å². The molecule has 3 heteroatoms. The van der Waals surface area contributed by atoms with Crippen LogP contribution in [0.25, 0.3) is 0 Å². The normalized spacial score (nSPS) is 17.5. The van der Waals surface area contributed by atoms with E-state index in [1.54, 1.807) is 0 Å². The molecule has 0 atom stereocenters. The third-order valence-corrected chi connectivity index (χ3v) is 3.22. The number of hydrogen-bond acceptors (Lipinski definition) is 2. The fourth-order valence-electron chi connectivity index (χ4n) is 2.07. The minimum Gasteiger partial charge on any atom is -0.308 e. The van der Waals surface area contributed by atoms with Crippen molar-refractivity contribution in [3.8, 4) is 6.07 Å². The number of rotatable bonds is 5. The smallest absolute Gasteiger partial charge is 0.308 e. The fraction of sp³-hybridized carbons (Fsp3) is 0.0952. The first-order valence-corrected chi connectivity index (χ1v) is 7.62. The van der Waals surface area contributed by atoms with Gasteiger partial charge in [-0.05, 0) is 63.4 Å². The van der Waals surface area contributed by atoms with Gasteiger partial charge in [-0.15, -0.1) is 0 Å². The van der Waals surface area contributed by atoms with Crippen molar-refractivity contribution in [3.63, 3.8) is 0 Å². The maximum atomic E-state index is 9.06.